The quantitative estimate of drug-likeness (QED) is 0.931. The Morgan fingerprint density at radius 2 is 1.84 bits per heavy atom. The molecule has 132 valence electrons. The molecule has 4 bridgehead atoms. The summed E-state index contributed by atoms with van der Waals surface area (Å²) < 4.78 is 2.07. The van der Waals surface area contributed by atoms with E-state index in [1.54, 1.807) is 6.33 Å². The van der Waals surface area contributed by atoms with Crippen LogP contribution in [0.3, 0.4) is 0 Å². The molecule has 5 atom stereocenters. The molecule has 4 fully saturated rings. The zero-order chi connectivity index (χ0) is 16.8. The van der Waals surface area contributed by atoms with Gasteiger partial charge in [-0.05, 0) is 62.0 Å². The van der Waals surface area contributed by atoms with Crippen LogP contribution in [0.5, 0.6) is 0 Å². The highest BCUT2D eigenvalue weighted by molar-refractivity contribution is 5.81. The summed E-state index contributed by atoms with van der Waals surface area (Å²) in [4.78, 5) is 23.2. The first-order valence-corrected chi connectivity index (χ1v) is 9.66. The average molecular weight is 338 g/mol. The molecule has 2 aromatic heterocycles. The van der Waals surface area contributed by atoms with Crippen LogP contribution in [-0.2, 0) is 11.2 Å². The fourth-order valence-electron chi connectivity index (χ4n) is 5.73. The summed E-state index contributed by atoms with van der Waals surface area (Å²) in [5, 5.41) is 0. The van der Waals surface area contributed by atoms with Crippen molar-refractivity contribution in [3.05, 3.63) is 42.7 Å². The number of carbonyl (C=O) groups is 1. The number of nitrogens with one attached hydrogen (secondary N) is 1. The smallest absolute Gasteiger partial charge is 0.246 e. The van der Waals surface area contributed by atoms with E-state index in [4.69, 9.17) is 0 Å². The third-order valence-corrected chi connectivity index (χ3v) is 6.63. The second kappa shape index (κ2) is 6.04. The summed E-state index contributed by atoms with van der Waals surface area (Å²) >= 11 is 0. The van der Waals surface area contributed by atoms with Gasteiger partial charge < -0.3 is 14.5 Å². The molecular formula is C20H26N4O. The third kappa shape index (κ3) is 2.79. The molecule has 2 aromatic rings. The van der Waals surface area contributed by atoms with Crippen LogP contribution in [0, 0.1) is 17.8 Å². The van der Waals surface area contributed by atoms with Gasteiger partial charge >= 0.3 is 0 Å². The number of hydrogen-bond acceptors (Lipinski definition) is 2. The largest absolute Gasteiger partial charge is 0.348 e. The summed E-state index contributed by atoms with van der Waals surface area (Å²) in [5.41, 5.74) is 1.02. The van der Waals surface area contributed by atoms with Gasteiger partial charge in [-0.1, -0.05) is 0 Å². The number of carbonyl (C=O) groups excluding carboxylic acids is 1. The Hall–Kier alpha value is -2.04. The van der Waals surface area contributed by atoms with E-state index in [9.17, 15) is 4.79 Å². The van der Waals surface area contributed by atoms with Gasteiger partial charge in [0.2, 0.25) is 5.91 Å². The standard InChI is InChI=1S/C20H26N4O/c25-20(19(23-3-1-2-4-23)10-17-11-21-13-22-17)24-12-16-6-14-5-15(7-16)9-18(24)8-14/h1-4,11,13-16,18-19H,5-10,12H2,(H,21,22)/t14-,15+,16?,18?,19?. The summed E-state index contributed by atoms with van der Waals surface area (Å²) in [6.07, 6.45) is 14.8. The molecular weight excluding hydrogens is 312 g/mol. The van der Waals surface area contributed by atoms with E-state index in [0.29, 0.717) is 18.4 Å². The van der Waals surface area contributed by atoms with E-state index in [1.807, 2.05) is 30.7 Å². The number of rotatable bonds is 4. The molecule has 0 spiro atoms. The van der Waals surface area contributed by atoms with Crippen molar-refractivity contribution >= 4 is 5.91 Å². The van der Waals surface area contributed by atoms with E-state index in [-0.39, 0.29) is 6.04 Å². The number of aromatic amines is 1. The van der Waals surface area contributed by atoms with Gasteiger partial charge in [0.05, 0.1) is 6.33 Å². The lowest BCUT2D eigenvalue weighted by Gasteiger charge is -2.39. The normalized spacial score (nSPS) is 31.9. The van der Waals surface area contributed by atoms with Crippen LogP contribution in [-0.4, -0.2) is 37.9 Å². The average Bonchev–Trinajstić information content (AvgIpc) is 3.26. The molecule has 4 heterocycles. The number of H-pyrrole nitrogens is 1. The van der Waals surface area contributed by atoms with Gasteiger partial charge in [0.1, 0.15) is 6.04 Å². The molecule has 1 N–H and O–H groups in total. The summed E-state index contributed by atoms with van der Waals surface area (Å²) in [6, 6.07) is 4.29. The van der Waals surface area contributed by atoms with Crippen molar-refractivity contribution < 1.29 is 4.79 Å². The highest BCUT2D eigenvalue weighted by atomic mass is 16.2. The van der Waals surface area contributed by atoms with Gasteiger partial charge in [0, 0.05) is 43.3 Å². The SMILES string of the molecule is O=C(C(Cc1cnc[nH]1)n1cccc1)N1CC2C[C@@H]3CC1C[C@H](C2)C3. The Kier molecular flexibility index (Phi) is 3.68. The predicted octanol–water partition coefficient (Wildman–Crippen LogP) is 3.03. The first-order chi connectivity index (χ1) is 12.3. The minimum atomic E-state index is -0.175. The van der Waals surface area contributed by atoms with E-state index in [1.165, 1.54) is 32.1 Å². The summed E-state index contributed by atoms with van der Waals surface area (Å²) in [6.45, 7) is 0.969. The van der Waals surface area contributed by atoms with Crippen molar-refractivity contribution in [2.75, 3.05) is 6.54 Å². The van der Waals surface area contributed by atoms with Gasteiger partial charge in [-0.3, -0.25) is 4.79 Å². The number of amides is 1. The Balaban J connectivity index is 1.43. The molecule has 5 nitrogen and oxygen atoms in total. The molecule has 0 radical (unpaired) electrons. The van der Waals surface area contributed by atoms with Crippen molar-refractivity contribution in [1.29, 1.82) is 0 Å². The number of nitrogens with zero attached hydrogens (tertiary/aromatic N) is 3. The molecule has 4 aliphatic rings. The molecule has 2 saturated heterocycles. The maximum absolute atomic E-state index is 13.6. The van der Waals surface area contributed by atoms with Crippen molar-refractivity contribution in [1.82, 2.24) is 19.4 Å². The van der Waals surface area contributed by atoms with Crippen LogP contribution >= 0.6 is 0 Å². The van der Waals surface area contributed by atoms with Gasteiger partial charge in [-0.25, -0.2) is 4.98 Å². The number of aromatic nitrogens is 3. The van der Waals surface area contributed by atoms with E-state index in [2.05, 4.69) is 19.4 Å². The van der Waals surface area contributed by atoms with Crippen LogP contribution < -0.4 is 0 Å². The van der Waals surface area contributed by atoms with Gasteiger partial charge in [-0.15, -0.1) is 0 Å². The molecule has 6 rings (SSSR count). The van der Waals surface area contributed by atoms with E-state index < -0.39 is 0 Å². The first kappa shape index (κ1) is 15.2. The van der Waals surface area contributed by atoms with E-state index in [0.717, 1.165) is 30.0 Å². The fourth-order valence-corrected chi connectivity index (χ4v) is 5.73. The molecule has 2 aliphatic heterocycles. The number of fused-ring (bicyclic) bond motifs is 1. The third-order valence-electron chi connectivity index (χ3n) is 6.63. The molecule has 1 amide bonds. The minimum Gasteiger partial charge on any atom is -0.348 e. The second-order valence-corrected chi connectivity index (χ2v) is 8.35. The van der Waals surface area contributed by atoms with Crippen molar-refractivity contribution in [3.8, 4) is 0 Å². The second-order valence-electron chi connectivity index (χ2n) is 8.35. The van der Waals surface area contributed by atoms with Crippen molar-refractivity contribution in [2.45, 2.75) is 50.6 Å². The number of imidazole rings is 1. The van der Waals surface area contributed by atoms with Gasteiger partial charge in [0.25, 0.3) is 0 Å². The molecule has 2 aliphatic carbocycles. The minimum absolute atomic E-state index is 0.175. The topological polar surface area (TPSA) is 53.9 Å². The van der Waals surface area contributed by atoms with Crippen LogP contribution in [0.4, 0.5) is 0 Å². The monoisotopic (exact) mass is 338 g/mol. The number of hydrogen-bond donors (Lipinski definition) is 1. The zero-order valence-corrected chi connectivity index (χ0v) is 14.6. The molecule has 0 aromatic carbocycles. The summed E-state index contributed by atoms with van der Waals surface area (Å²) in [5.74, 6) is 2.73. The first-order valence-electron chi connectivity index (χ1n) is 9.66. The highest BCUT2D eigenvalue weighted by Crippen LogP contribution is 2.47. The van der Waals surface area contributed by atoms with Crippen LogP contribution in [0.2, 0.25) is 0 Å². The van der Waals surface area contributed by atoms with E-state index >= 15 is 0 Å². The maximum Gasteiger partial charge on any atom is 0.246 e. The lowest BCUT2D eigenvalue weighted by molar-refractivity contribution is -0.137. The predicted molar refractivity (Wildman–Crippen MR) is 94.8 cm³/mol. The Morgan fingerprint density at radius 1 is 1.12 bits per heavy atom. The molecule has 25 heavy (non-hydrogen) atoms. The van der Waals surface area contributed by atoms with Crippen LogP contribution in [0.1, 0.15) is 43.8 Å². The molecule has 3 unspecified atom stereocenters. The van der Waals surface area contributed by atoms with Gasteiger partial charge in [-0.2, -0.15) is 0 Å². The Labute approximate surface area is 148 Å². The van der Waals surface area contributed by atoms with Gasteiger partial charge in [0.15, 0.2) is 0 Å². The highest BCUT2D eigenvalue weighted by Gasteiger charge is 2.45. The lowest BCUT2D eigenvalue weighted by atomic mass is 9.68. The molecule has 2 saturated carbocycles. The van der Waals surface area contributed by atoms with Crippen LogP contribution in [0.25, 0.3) is 0 Å². The Morgan fingerprint density at radius 3 is 2.52 bits per heavy atom. The van der Waals surface area contributed by atoms with Crippen molar-refractivity contribution in [3.63, 3.8) is 0 Å². The summed E-state index contributed by atoms with van der Waals surface area (Å²) in [7, 11) is 0. The van der Waals surface area contributed by atoms with Crippen molar-refractivity contribution in [2.24, 2.45) is 17.8 Å². The lowest BCUT2D eigenvalue weighted by Crippen LogP contribution is -2.45. The zero-order valence-electron chi connectivity index (χ0n) is 14.6. The van der Waals surface area contributed by atoms with Crippen LogP contribution in [0.15, 0.2) is 37.1 Å². The maximum atomic E-state index is 13.6. The molecule has 5 heteroatoms. The fraction of sp³-hybridized carbons (Fsp3) is 0.600. The Bertz CT molecular complexity index is 709.